The van der Waals surface area contributed by atoms with Crippen LogP contribution in [0.15, 0.2) is 6.33 Å². The molecule has 1 aromatic heterocycles. The Balaban J connectivity index is 2.78. The molecule has 0 fully saturated rings. The van der Waals surface area contributed by atoms with Crippen molar-refractivity contribution in [3.05, 3.63) is 12.2 Å². The molecule has 78 valence electrons. The number of alkyl halides is 3. The van der Waals surface area contributed by atoms with E-state index in [4.69, 9.17) is 10.5 Å². The van der Waals surface area contributed by atoms with Gasteiger partial charge < -0.3 is 0 Å². The maximum absolute atomic E-state index is 12.1. The number of rotatable bonds is 2. The van der Waals surface area contributed by atoms with Gasteiger partial charge in [-0.1, -0.05) is 0 Å². The molecule has 0 aliphatic carbocycles. The van der Waals surface area contributed by atoms with E-state index in [2.05, 4.69) is 10.1 Å². The van der Waals surface area contributed by atoms with Gasteiger partial charge in [-0.3, -0.25) is 0 Å². The van der Waals surface area contributed by atoms with Crippen molar-refractivity contribution in [2.24, 2.45) is 5.92 Å². The van der Waals surface area contributed by atoms with Crippen LogP contribution in [0.5, 0.6) is 0 Å². The van der Waals surface area contributed by atoms with Crippen molar-refractivity contribution in [1.29, 1.82) is 10.5 Å². The van der Waals surface area contributed by atoms with E-state index in [1.807, 2.05) is 0 Å². The van der Waals surface area contributed by atoms with Gasteiger partial charge in [0, 0.05) is 0 Å². The maximum Gasteiger partial charge on any atom is 0.406 e. The van der Waals surface area contributed by atoms with Crippen LogP contribution in [0, 0.1) is 28.6 Å². The standard InChI is InChI=1S/C7H4F3N5/c8-7(9,10)5(1-11)3-15-4-13-6(2-12)14-15/h4-5H,3H2. The molecule has 0 saturated carbocycles. The lowest BCUT2D eigenvalue weighted by Crippen LogP contribution is -2.26. The van der Waals surface area contributed by atoms with E-state index in [0.717, 1.165) is 17.1 Å². The molecule has 1 rings (SSSR count). The number of halogens is 3. The summed E-state index contributed by atoms with van der Waals surface area (Å²) in [5.41, 5.74) is 0. The number of aromatic nitrogens is 3. The average molecular weight is 215 g/mol. The highest BCUT2D eigenvalue weighted by Gasteiger charge is 2.40. The molecule has 0 N–H and O–H groups in total. The van der Waals surface area contributed by atoms with Crippen molar-refractivity contribution < 1.29 is 13.2 Å². The minimum absolute atomic E-state index is 0.228. The third-order valence-electron chi connectivity index (χ3n) is 1.56. The van der Waals surface area contributed by atoms with Gasteiger partial charge in [0.2, 0.25) is 0 Å². The van der Waals surface area contributed by atoms with Gasteiger partial charge in [0.15, 0.2) is 5.92 Å². The highest BCUT2D eigenvalue weighted by Crippen LogP contribution is 2.26. The molecule has 0 aromatic carbocycles. The van der Waals surface area contributed by atoms with Gasteiger partial charge in [-0.05, 0) is 0 Å². The number of hydrogen-bond acceptors (Lipinski definition) is 4. The first kappa shape index (κ1) is 11.0. The van der Waals surface area contributed by atoms with Crippen LogP contribution < -0.4 is 0 Å². The zero-order valence-corrected chi connectivity index (χ0v) is 7.23. The average Bonchev–Trinajstić information content (AvgIpc) is 2.59. The van der Waals surface area contributed by atoms with Gasteiger partial charge >= 0.3 is 6.18 Å². The van der Waals surface area contributed by atoms with E-state index in [1.54, 1.807) is 6.07 Å². The van der Waals surface area contributed by atoms with Gasteiger partial charge in [0.05, 0.1) is 12.6 Å². The summed E-state index contributed by atoms with van der Waals surface area (Å²) in [4.78, 5) is 3.42. The van der Waals surface area contributed by atoms with Crippen molar-refractivity contribution >= 4 is 0 Å². The molecular formula is C7H4F3N5. The van der Waals surface area contributed by atoms with Crippen LogP contribution in [0.1, 0.15) is 5.82 Å². The third kappa shape index (κ3) is 2.68. The lowest BCUT2D eigenvalue weighted by atomic mass is 10.2. The quantitative estimate of drug-likeness (QED) is 0.732. The first-order valence-electron chi connectivity index (χ1n) is 3.73. The summed E-state index contributed by atoms with van der Waals surface area (Å²) < 4.78 is 37.3. The van der Waals surface area contributed by atoms with Crippen LogP contribution >= 0.6 is 0 Å². The van der Waals surface area contributed by atoms with Crippen molar-refractivity contribution in [3.8, 4) is 12.1 Å². The van der Waals surface area contributed by atoms with E-state index in [-0.39, 0.29) is 5.82 Å². The lowest BCUT2D eigenvalue weighted by Gasteiger charge is -2.11. The lowest BCUT2D eigenvalue weighted by molar-refractivity contribution is -0.162. The van der Waals surface area contributed by atoms with Gasteiger partial charge in [0.25, 0.3) is 5.82 Å². The number of nitriles is 2. The molecule has 0 spiro atoms. The maximum atomic E-state index is 12.1. The topological polar surface area (TPSA) is 78.3 Å². The molecular weight excluding hydrogens is 211 g/mol. The van der Waals surface area contributed by atoms with Crippen LogP contribution in [-0.4, -0.2) is 20.9 Å². The van der Waals surface area contributed by atoms with Crippen molar-refractivity contribution in [2.75, 3.05) is 0 Å². The highest BCUT2D eigenvalue weighted by molar-refractivity contribution is 5.05. The van der Waals surface area contributed by atoms with E-state index < -0.39 is 18.6 Å². The molecule has 1 unspecified atom stereocenters. The zero-order valence-electron chi connectivity index (χ0n) is 7.23. The minimum Gasteiger partial charge on any atom is -0.250 e. The number of nitrogens with zero attached hydrogens (tertiary/aromatic N) is 5. The SMILES string of the molecule is N#Cc1ncn(CC(C#N)C(F)(F)F)n1. The molecule has 0 aliphatic rings. The molecule has 5 nitrogen and oxygen atoms in total. The van der Waals surface area contributed by atoms with Crippen molar-refractivity contribution in [3.63, 3.8) is 0 Å². The molecule has 8 heteroatoms. The summed E-state index contributed by atoms with van der Waals surface area (Å²) in [6.45, 7) is -0.658. The normalized spacial score (nSPS) is 12.9. The second-order valence-corrected chi connectivity index (χ2v) is 2.63. The van der Waals surface area contributed by atoms with Crippen LogP contribution in [-0.2, 0) is 6.54 Å². The smallest absolute Gasteiger partial charge is 0.250 e. The number of hydrogen-bond donors (Lipinski definition) is 0. The van der Waals surface area contributed by atoms with Crippen molar-refractivity contribution in [2.45, 2.75) is 12.7 Å². The summed E-state index contributed by atoms with van der Waals surface area (Å²) in [5, 5.41) is 20.0. The molecule has 1 atom stereocenters. The fraction of sp³-hybridized carbons (Fsp3) is 0.429. The second kappa shape index (κ2) is 3.96. The fourth-order valence-corrected chi connectivity index (χ4v) is 0.838. The largest absolute Gasteiger partial charge is 0.406 e. The predicted octanol–water partition coefficient (Wildman–Crippen LogP) is 0.852. The summed E-state index contributed by atoms with van der Waals surface area (Å²) in [5.74, 6) is -2.38. The van der Waals surface area contributed by atoms with Gasteiger partial charge in [-0.15, -0.1) is 5.10 Å². The highest BCUT2D eigenvalue weighted by atomic mass is 19.4. The Hall–Kier alpha value is -2.09. The Bertz CT molecular complexity index is 421. The van der Waals surface area contributed by atoms with Crippen LogP contribution in [0.4, 0.5) is 13.2 Å². The Morgan fingerprint density at radius 3 is 2.53 bits per heavy atom. The Morgan fingerprint density at radius 1 is 1.47 bits per heavy atom. The van der Waals surface area contributed by atoms with E-state index >= 15 is 0 Å². The molecule has 1 aromatic rings. The van der Waals surface area contributed by atoms with E-state index in [9.17, 15) is 13.2 Å². The predicted molar refractivity (Wildman–Crippen MR) is 39.9 cm³/mol. The summed E-state index contributed by atoms with van der Waals surface area (Å²) in [6, 6.07) is 2.69. The zero-order chi connectivity index (χ0) is 11.5. The van der Waals surface area contributed by atoms with E-state index in [0.29, 0.717) is 0 Å². The second-order valence-electron chi connectivity index (χ2n) is 2.63. The third-order valence-corrected chi connectivity index (χ3v) is 1.56. The van der Waals surface area contributed by atoms with Gasteiger partial charge in [0.1, 0.15) is 12.4 Å². The molecule has 15 heavy (non-hydrogen) atoms. The fourth-order valence-electron chi connectivity index (χ4n) is 0.838. The summed E-state index contributed by atoms with van der Waals surface area (Å²) >= 11 is 0. The Morgan fingerprint density at radius 2 is 2.13 bits per heavy atom. The first-order valence-corrected chi connectivity index (χ1v) is 3.73. The molecule has 0 bridgehead atoms. The monoisotopic (exact) mass is 215 g/mol. The van der Waals surface area contributed by atoms with Gasteiger partial charge in [-0.2, -0.15) is 23.7 Å². The molecule has 0 aliphatic heterocycles. The molecule has 1 heterocycles. The Labute approximate surface area is 82.4 Å². The minimum atomic E-state index is -4.60. The molecule has 0 saturated heterocycles. The van der Waals surface area contributed by atoms with Crippen molar-refractivity contribution in [1.82, 2.24) is 14.8 Å². The molecule has 0 radical (unpaired) electrons. The molecule has 0 amide bonds. The summed E-state index contributed by atoms with van der Waals surface area (Å²) in [7, 11) is 0. The van der Waals surface area contributed by atoms with E-state index in [1.165, 1.54) is 0 Å². The first-order chi connectivity index (χ1) is 6.97. The van der Waals surface area contributed by atoms with Gasteiger partial charge in [-0.25, -0.2) is 9.67 Å². The summed E-state index contributed by atoms with van der Waals surface area (Å²) in [6.07, 6.45) is -3.62. The van der Waals surface area contributed by atoms with Crippen LogP contribution in [0.2, 0.25) is 0 Å². The van der Waals surface area contributed by atoms with Crippen LogP contribution in [0.3, 0.4) is 0 Å². The Kier molecular flexibility index (Phi) is 2.90. The van der Waals surface area contributed by atoms with Crippen LogP contribution in [0.25, 0.3) is 0 Å².